The Kier molecular flexibility index (Phi) is 3.49. The van der Waals surface area contributed by atoms with Crippen molar-refractivity contribution in [1.29, 1.82) is 0 Å². The minimum absolute atomic E-state index is 0.197. The van der Waals surface area contributed by atoms with Gasteiger partial charge in [-0.25, -0.2) is 0 Å². The molecule has 1 aliphatic heterocycles. The van der Waals surface area contributed by atoms with Crippen molar-refractivity contribution >= 4 is 11.6 Å². The molecule has 0 atom stereocenters. The Labute approximate surface area is 123 Å². The van der Waals surface area contributed by atoms with Crippen LogP contribution in [0.25, 0.3) is 0 Å². The van der Waals surface area contributed by atoms with Gasteiger partial charge in [0.2, 0.25) is 0 Å². The predicted molar refractivity (Wildman–Crippen MR) is 79.8 cm³/mol. The van der Waals surface area contributed by atoms with E-state index < -0.39 is 5.79 Å². The van der Waals surface area contributed by atoms with Crippen molar-refractivity contribution < 1.29 is 14.3 Å². The normalized spacial score (nSPS) is 16.1. The number of hydrogen-bond donors (Lipinski definition) is 0. The van der Waals surface area contributed by atoms with Crippen molar-refractivity contribution in [2.45, 2.75) is 12.3 Å². The molecular formula is C17H17NO3. The quantitative estimate of drug-likeness (QED) is 0.810. The summed E-state index contributed by atoms with van der Waals surface area (Å²) in [5.74, 6) is -1.54. The third kappa shape index (κ3) is 2.04. The van der Waals surface area contributed by atoms with Gasteiger partial charge in [-0.1, -0.05) is 48.5 Å². The van der Waals surface area contributed by atoms with Gasteiger partial charge in [-0.15, -0.1) is 0 Å². The molecule has 1 aliphatic rings. The Morgan fingerprint density at radius 3 is 2.24 bits per heavy atom. The van der Waals surface area contributed by atoms with Crippen molar-refractivity contribution in [3.8, 4) is 0 Å². The highest BCUT2D eigenvalue weighted by Crippen LogP contribution is 2.43. The number of carbonyl (C=O) groups excluding carboxylic acids is 1. The van der Waals surface area contributed by atoms with Gasteiger partial charge in [-0.05, 0) is 11.6 Å². The Bertz CT molecular complexity index is 650. The molecule has 0 aliphatic carbocycles. The summed E-state index contributed by atoms with van der Waals surface area (Å²) in [5, 5.41) is 0. The van der Waals surface area contributed by atoms with Crippen LogP contribution in [0.15, 0.2) is 54.6 Å². The largest absolute Gasteiger partial charge is 0.342 e. The van der Waals surface area contributed by atoms with Crippen LogP contribution in [0.1, 0.15) is 11.1 Å². The number of hydrogen-bond acceptors (Lipinski definition) is 3. The average Bonchev–Trinajstić information content (AvgIpc) is 2.78. The maximum atomic E-state index is 12.8. The fourth-order valence-corrected chi connectivity index (χ4v) is 2.79. The highest BCUT2D eigenvalue weighted by atomic mass is 16.7. The van der Waals surface area contributed by atoms with Gasteiger partial charge in [0.1, 0.15) is 0 Å². The number of rotatable bonds is 4. The van der Waals surface area contributed by atoms with Gasteiger partial charge in [0.25, 0.3) is 11.7 Å². The monoisotopic (exact) mass is 283 g/mol. The number of benzene rings is 2. The van der Waals surface area contributed by atoms with Crippen molar-refractivity contribution in [2.24, 2.45) is 0 Å². The summed E-state index contributed by atoms with van der Waals surface area (Å²) in [6, 6.07) is 17.4. The summed E-state index contributed by atoms with van der Waals surface area (Å²) in [6.45, 7) is 0.491. The second-order valence-corrected chi connectivity index (χ2v) is 4.92. The molecule has 4 nitrogen and oxygen atoms in total. The summed E-state index contributed by atoms with van der Waals surface area (Å²) in [7, 11) is 2.98. The second kappa shape index (κ2) is 5.31. The molecule has 0 saturated heterocycles. The topological polar surface area (TPSA) is 38.8 Å². The maximum absolute atomic E-state index is 12.8. The molecule has 3 rings (SSSR count). The van der Waals surface area contributed by atoms with Crippen molar-refractivity contribution in [3.63, 3.8) is 0 Å². The fourth-order valence-electron chi connectivity index (χ4n) is 2.79. The Balaban J connectivity index is 2.05. The van der Waals surface area contributed by atoms with Crippen molar-refractivity contribution in [1.82, 2.24) is 0 Å². The van der Waals surface area contributed by atoms with Gasteiger partial charge < -0.3 is 14.4 Å². The molecule has 0 saturated carbocycles. The van der Waals surface area contributed by atoms with E-state index in [1.54, 1.807) is 4.90 Å². The van der Waals surface area contributed by atoms with Crippen molar-refractivity contribution in [2.75, 3.05) is 19.1 Å². The Morgan fingerprint density at radius 2 is 1.57 bits per heavy atom. The Morgan fingerprint density at radius 1 is 0.952 bits per heavy atom. The minimum Gasteiger partial charge on any atom is -0.342 e. The van der Waals surface area contributed by atoms with Crippen LogP contribution < -0.4 is 4.90 Å². The number of para-hydroxylation sites is 1. The van der Waals surface area contributed by atoms with E-state index in [1.165, 1.54) is 14.2 Å². The van der Waals surface area contributed by atoms with E-state index in [0.29, 0.717) is 6.54 Å². The zero-order valence-electron chi connectivity index (χ0n) is 12.1. The fraction of sp³-hybridized carbons (Fsp3) is 0.235. The summed E-state index contributed by atoms with van der Waals surface area (Å²) < 4.78 is 10.9. The number of nitrogens with zero attached hydrogens (tertiary/aromatic N) is 1. The first kappa shape index (κ1) is 13.8. The summed E-state index contributed by atoms with van der Waals surface area (Å²) in [5.41, 5.74) is 2.63. The molecule has 0 spiro atoms. The lowest BCUT2D eigenvalue weighted by atomic mass is 10.1. The average molecular weight is 283 g/mol. The lowest BCUT2D eigenvalue weighted by Gasteiger charge is -2.25. The van der Waals surface area contributed by atoms with E-state index in [9.17, 15) is 4.79 Å². The highest BCUT2D eigenvalue weighted by molar-refractivity contribution is 6.05. The van der Waals surface area contributed by atoms with Crippen LogP contribution in [0.2, 0.25) is 0 Å². The SMILES string of the molecule is COC1(OC)C(=O)N(Cc2ccccc2)c2ccccc21. The number of amides is 1. The standard InChI is InChI=1S/C17H17NO3/c1-20-17(21-2)14-10-6-7-11-15(14)18(16(17)19)12-13-8-4-3-5-9-13/h3-11H,12H2,1-2H3. The number of anilines is 1. The van der Waals surface area contributed by atoms with Crippen LogP contribution in [-0.2, 0) is 26.6 Å². The lowest BCUT2D eigenvalue weighted by molar-refractivity contribution is -0.209. The molecule has 2 aromatic rings. The highest BCUT2D eigenvalue weighted by Gasteiger charge is 2.52. The van der Waals surface area contributed by atoms with Crippen LogP contribution in [0.3, 0.4) is 0 Å². The Hall–Kier alpha value is -2.17. The van der Waals surface area contributed by atoms with Gasteiger partial charge in [-0.3, -0.25) is 4.79 Å². The number of methoxy groups -OCH3 is 2. The summed E-state index contributed by atoms with van der Waals surface area (Å²) in [4.78, 5) is 14.5. The summed E-state index contributed by atoms with van der Waals surface area (Å²) in [6.07, 6.45) is 0. The third-order valence-electron chi connectivity index (χ3n) is 3.83. The van der Waals surface area contributed by atoms with Gasteiger partial charge in [-0.2, -0.15) is 0 Å². The zero-order valence-corrected chi connectivity index (χ0v) is 12.1. The predicted octanol–water partition coefficient (Wildman–Crippen LogP) is 2.68. The molecule has 0 aromatic heterocycles. The van der Waals surface area contributed by atoms with Gasteiger partial charge in [0.05, 0.1) is 12.2 Å². The van der Waals surface area contributed by atoms with Gasteiger partial charge >= 0.3 is 0 Å². The van der Waals surface area contributed by atoms with Crippen LogP contribution in [0.4, 0.5) is 5.69 Å². The molecule has 108 valence electrons. The number of ether oxygens (including phenoxy) is 2. The molecule has 2 aromatic carbocycles. The molecule has 0 fully saturated rings. The van der Waals surface area contributed by atoms with E-state index in [-0.39, 0.29) is 5.91 Å². The molecule has 0 bridgehead atoms. The summed E-state index contributed by atoms with van der Waals surface area (Å²) >= 11 is 0. The first-order valence-corrected chi connectivity index (χ1v) is 6.78. The molecule has 1 amide bonds. The lowest BCUT2D eigenvalue weighted by Crippen LogP contribution is -2.42. The van der Waals surface area contributed by atoms with E-state index >= 15 is 0 Å². The molecule has 0 radical (unpaired) electrons. The van der Waals surface area contributed by atoms with E-state index in [2.05, 4.69) is 0 Å². The molecule has 21 heavy (non-hydrogen) atoms. The third-order valence-corrected chi connectivity index (χ3v) is 3.83. The molecule has 1 heterocycles. The minimum atomic E-state index is -1.34. The second-order valence-electron chi connectivity index (χ2n) is 4.92. The van der Waals surface area contributed by atoms with Crippen LogP contribution >= 0.6 is 0 Å². The van der Waals surface area contributed by atoms with E-state index in [1.807, 2.05) is 54.6 Å². The van der Waals surface area contributed by atoms with Gasteiger partial charge in [0, 0.05) is 19.8 Å². The van der Waals surface area contributed by atoms with Crippen LogP contribution in [-0.4, -0.2) is 20.1 Å². The molecule has 4 heteroatoms. The zero-order chi connectivity index (χ0) is 14.9. The van der Waals surface area contributed by atoms with Crippen LogP contribution in [0, 0.1) is 0 Å². The van der Waals surface area contributed by atoms with E-state index in [4.69, 9.17) is 9.47 Å². The number of fused-ring (bicyclic) bond motifs is 1. The molecule has 0 unspecified atom stereocenters. The van der Waals surface area contributed by atoms with E-state index in [0.717, 1.165) is 16.8 Å². The van der Waals surface area contributed by atoms with Crippen molar-refractivity contribution in [3.05, 3.63) is 65.7 Å². The molecule has 0 N–H and O–H groups in total. The van der Waals surface area contributed by atoms with Gasteiger partial charge in [0.15, 0.2) is 0 Å². The number of carbonyl (C=O) groups is 1. The smallest absolute Gasteiger partial charge is 0.292 e. The molecular weight excluding hydrogens is 266 g/mol. The maximum Gasteiger partial charge on any atom is 0.292 e. The first-order chi connectivity index (χ1) is 10.2. The first-order valence-electron chi connectivity index (χ1n) is 6.78. The van der Waals surface area contributed by atoms with Crippen LogP contribution in [0.5, 0.6) is 0 Å².